The summed E-state index contributed by atoms with van der Waals surface area (Å²) in [7, 11) is -2.84. The Morgan fingerprint density at radius 3 is 2.62 bits per heavy atom. The first-order valence-electron chi connectivity index (χ1n) is 8.92. The predicted octanol–water partition coefficient (Wildman–Crippen LogP) is 2.56. The van der Waals surface area contributed by atoms with Crippen LogP contribution in [0.1, 0.15) is 37.5 Å². The lowest BCUT2D eigenvalue weighted by Gasteiger charge is -2.34. The molecule has 4 rings (SSSR count). The zero-order valence-electron chi connectivity index (χ0n) is 14.2. The third-order valence-corrected chi connectivity index (χ3v) is 7.88. The number of benzene rings is 1. The number of likely N-dealkylation sites (tertiary alicyclic amines) is 1. The van der Waals surface area contributed by atoms with Gasteiger partial charge in [-0.25, -0.2) is 13.4 Å². The van der Waals surface area contributed by atoms with E-state index in [1.807, 2.05) is 6.07 Å². The van der Waals surface area contributed by atoms with Crippen LogP contribution in [0.25, 0.3) is 11.0 Å². The van der Waals surface area contributed by atoms with Crippen LogP contribution in [0.5, 0.6) is 0 Å². The molecule has 0 amide bonds. The van der Waals surface area contributed by atoms with Crippen molar-refractivity contribution in [3.05, 3.63) is 30.1 Å². The van der Waals surface area contributed by atoms with Crippen molar-refractivity contribution in [2.75, 3.05) is 25.4 Å². The number of imidazole rings is 1. The van der Waals surface area contributed by atoms with Gasteiger partial charge in [-0.2, -0.15) is 0 Å². The number of hydrogen-bond donors (Lipinski definition) is 0. The normalized spacial score (nSPS) is 25.5. The minimum absolute atomic E-state index is 0.134. The quantitative estimate of drug-likeness (QED) is 0.856. The van der Waals surface area contributed by atoms with Crippen LogP contribution >= 0.6 is 0 Å². The van der Waals surface area contributed by atoms with Gasteiger partial charge >= 0.3 is 0 Å². The molecule has 3 heterocycles. The molecular weight excluding hydrogens is 322 g/mol. The zero-order valence-corrected chi connectivity index (χ0v) is 15.0. The van der Waals surface area contributed by atoms with Gasteiger partial charge in [0.25, 0.3) is 0 Å². The van der Waals surface area contributed by atoms with Crippen molar-refractivity contribution in [3.63, 3.8) is 0 Å². The van der Waals surface area contributed by atoms with E-state index in [4.69, 9.17) is 0 Å². The summed E-state index contributed by atoms with van der Waals surface area (Å²) in [4.78, 5) is 7.03. The van der Waals surface area contributed by atoms with E-state index in [2.05, 4.69) is 39.6 Å². The molecule has 1 atom stereocenters. The number of fused-ring (bicyclic) bond motifs is 1. The summed E-state index contributed by atoms with van der Waals surface area (Å²) in [6.07, 6.45) is 3.80. The number of nitrogens with zero attached hydrogens (tertiary/aromatic N) is 3. The number of hydrogen-bond acceptors (Lipinski definition) is 4. The molecule has 0 aliphatic carbocycles. The lowest BCUT2D eigenvalue weighted by atomic mass is 10.0. The maximum Gasteiger partial charge on any atom is 0.154 e. The second kappa shape index (κ2) is 6.15. The fourth-order valence-corrected chi connectivity index (χ4v) is 6.20. The molecule has 2 saturated heterocycles. The molecule has 1 unspecified atom stereocenters. The van der Waals surface area contributed by atoms with Crippen LogP contribution in [0, 0.1) is 6.92 Å². The lowest BCUT2D eigenvalue weighted by Crippen LogP contribution is -2.40. The standard InChI is InChI=1S/C18H25N3O2S/c1-14-19-17-6-2-3-7-18(17)21(14)15-8-10-20(11-9-15)13-16-5-4-12-24(16,22)23/h2-3,6-7,15-16H,4-5,8-13H2,1H3. The fraction of sp³-hybridized carbons (Fsp3) is 0.611. The molecule has 0 bridgehead atoms. The molecule has 0 radical (unpaired) electrons. The van der Waals surface area contributed by atoms with E-state index in [1.165, 1.54) is 5.52 Å². The average Bonchev–Trinajstić information content (AvgIpc) is 3.07. The zero-order chi connectivity index (χ0) is 16.7. The Labute approximate surface area is 143 Å². The molecule has 0 N–H and O–H groups in total. The summed E-state index contributed by atoms with van der Waals surface area (Å²) in [5, 5.41) is -0.134. The predicted molar refractivity (Wildman–Crippen MR) is 96.0 cm³/mol. The van der Waals surface area contributed by atoms with Crippen molar-refractivity contribution in [2.24, 2.45) is 0 Å². The Bertz CT molecular complexity index is 835. The van der Waals surface area contributed by atoms with E-state index >= 15 is 0 Å². The summed E-state index contributed by atoms with van der Waals surface area (Å²) in [6.45, 7) is 4.75. The Kier molecular flexibility index (Phi) is 4.12. The Hall–Kier alpha value is -1.40. The third kappa shape index (κ3) is 2.86. The molecule has 1 aromatic heterocycles. The molecule has 2 aliphatic heterocycles. The highest BCUT2D eigenvalue weighted by atomic mass is 32.2. The minimum Gasteiger partial charge on any atom is -0.325 e. The minimum atomic E-state index is -2.84. The maximum absolute atomic E-state index is 12.0. The lowest BCUT2D eigenvalue weighted by molar-refractivity contribution is 0.186. The first-order chi connectivity index (χ1) is 11.5. The second-order valence-corrected chi connectivity index (χ2v) is 9.58. The molecule has 1 aromatic carbocycles. The Morgan fingerprint density at radius 2 is 1.92 bits per heavy atom. The topological polar surface area (TPSA) is 55.2 Å². The smallest absolute Gasteiger partial charge is 0.154 e. The SMILES string of the molecule is Cc1nc2ccccc2n1C1CCN(CC2CCCS2(=O)=O)CC1. The van der Waals surface area contributed by atoms with Crippen molar-refractivity contribution in [3.8, 4) is 0 Å². The van der Waals surface area contributed by atoms with Crippen LogP contribution in [-0.2, 0) is 9.84 Å². The van der Waals surface area contributed by atoms with Gasteiger partial charge in [-0.1, -0.05) is 12.1 Å². The van der Waals surface area contributed by atoms with Crippen LogP contribution in [0.3, 0.4) is 0 Å². The van der Waals surface area contributed by atoms with Crippen LogP contribution in [0.2, 0.25) is 0 Å². The van der Waals surface area contributed by atoms with Crippen LogP contribution < -0.4 is 0 Å². The molecule has 6 heteroatoms. The van der Waals surface area contributed by atoms with E-state index in [0.717, 1.165) is 56.7 Å². The second-order valence-electron chi connectivity index (χ2n) is 7.18. The molecule has 2 aromatic rings. The largest absolute Gasteiger partial charge is 0.325 e. The summed E-state index contributed by atoms with van der Waals surface area (Å²) in [5.74, 6) is 1.46. The van der Waals surface area contributed by atoms with Gasteiger partial charge in [0.05, 0.1) is 22.0 Å². The highest BCUT2D eigenvalue weighted by molar-refractivity contribution is 7.92. The number of piperidine rings is 1. The van der Waals surface area contributed by atoms with E-state index in [-0.39, 0.29) is 5.25 Å². The van der Waals surface area contributed by atoms with E-state index < -0.39 is 9.84 Å². The summed E-state index contributed by atoms with van der Waals surface area (Å²) < 4.78 is 26.5. The molecule has 2 aliphatic rings. The van der Waals surface area contributed by atoms with Gasteiger partial charge in [0.2, 0.25) is 0 Å². The Balaban J connectivity index is 1.45. The average molecular weight is 347 g/mol. The van der Waals surface area contributed by atoms with E-state index in [9.17, 15) is 8.42 Å². The van der Waals surface area contributed by atoms with E-state index in [1.54, 1.807) is 0 Å². The van der Waals surface area contributed by atoms with Gasteiger partial charge in [0.1, 0.15) is 5.82 Å². The molecular formula is C18H25N3O2S. The van der Waals surface area contributed by atoms with Crippen LogP contribution in [0.4, 0.5) is 0 Å². The van der Waals surface area contributed by atoms with Crippen LogP contribution in [0.15, 0.2) is 24.3 Å². The van der Waals surface area contributed by atoms with Gasteiger partial charge in [-0.05, 0) is 44.7 Å². The number of sulfone groups is 1. The summed E-state index contributed by atoms with van der Waals surface area (Å²) >= 11 is 0. The van der Waals surface area contributed by atoms with Crippen molar-refractivity contribution >= 4 is 20.9 Å². The molecule has 0 saturated carbocycles. The highest BCUT2D eigenvalue weighted by Crippen LogP contribution is 2.30. The molecule has 130 valence electrons. The summed E-state index contributed by atoms with van der Waals surface area (Å²) in [6, 6.07) is 8.78. The van der Waals surface area contributed by atoms with Gasteiger partial charge in [0, 0.05) is 25.7 Å². The molecule has 24 heavy (non-hydrogen) atoms. The van der Waals surface area contributed by atoms with Crippen molar-refractivity contribution < 1.29 is 8.42 Å². The molecule has 0 spiro atoms. The van der Waals surface area contributed by atoms with E-state index in [0.29, 0.717) is 11.8 Å². The fourth-order valence-electron chi connectivity index (χ4n) is 4.34. The van der Waals surface area contributed by atoms with Gasteiger partial charge in [-0.15, -0.1) is 0 Å². The molecule has 2 fully saturated rings. The van der Waals surface area contributed by atoms with Gasteiger partial charge in [-0.3, -0.25) is 0 Å². The van der Waals surface area contributed by atoms with Gasteiger partial charge in [0.15, 0.2) is 9.84 Å². The highest BCUT2D eigenvalue weighted by Gasteiger charge is 2.34. The summed E-state index contributed by atoms with van der Waals surface area (Å²) in [5.41, 5.74) is 2.28. The Morgan fingerprint density at radius 1 is 1.17 bits per heavy atom. The molecule has 5 nitrogen and oxygen atoms in total. The number of para-hydroxylation sites is 2. The first-order valence-corrected chi connectivity index (χ1v) is 10.6. The monoisotopic (exact) mass is 347 g/mol. The number of rotatable bonds is 3. The third-order valence-electron chi connectivity index (χ3n) is 5.62. The first kappa shape index (κ1) is 16.1. The van der Waals surface area contributed by atoms with Crippen molar-refractivity contribution in [2.45, 2.75) is 43.9 Å². The number of aromatic nitrogens is 2. The number of aryl methyl sites for hydroxylation is 1. The van der Waals surface area contributed by atoms with Crippen molar-refractivity contribution in [1.29, 1.82) is 0 Å². The van der Waals surface area contributed by atoms with Gasteiger partial charge < -0.3 is 9.47 Å². The van der Waals surface area contributed by atoms with Crippen molar-refractivity contribution in [1.82, 2.24) is 14.5 Å². The maximum atomic E-state index is 12.0. The van der Waals surface area contributed by atoms with Crippen LogP contribution in [-0.4, -0.2) is 53.5 Å².